The van der Waals surface area contributed by atoms with Gasteiger partial charge in [-0.1, -0.05) is 23.7 Å². The summed E-state index contributed by atoms with van der Waals surface area (Å²) in [6.45, 7) is 6.16. The lowest BCUT2D eigenvalue weighted by Gasteiger charge is -2.31. The fraction of sp³-hybridized carbons (Fsp3) is 0.444. The Morgan fingerprint density at radius 1 is 1.00 bits per heavy atom. The minimum absolute atomic E-state index is 0.792. The molecule has 3 aliphatic heterocycles. The van der Waals surface area contributed by atoms with E-state index in [9.17, 15) is 0 Å². The van der Waals surface area contributed by atoms with Crippen molar-refractivity contribution >= 4 is 22.9 Å². The van der Waals surface area contributed by atoms with E-state index in [1.165, 1.54) is 55.0 Å². The quantitative estimate of drug-likeness (QED) is 0.824. The van der Waals surface area contributed by atoms with Crippen molar-refractivity contribution in [2.24, 2.45) is 0 Å². The summed E-state index contributed by atoms with van der Waals surface area (Å²) in [6.07, 6.45) is 2.69. The molecule has 3 fully saturated rings. The van der Waals surface area contributed by atoms with Crippen LogP contribution in [-0.2, 0) is 6.54 Å². The van der Waals surface area contributed by atoms with Crippen LogP contribution in [0.15, 0.2) is 35.7 Å². The molecule has 0 unspecified atom stereocenters. The molecule has 2 aromatic rings. The predicted octanol–water partition coefficient (Wildman–Crippen LogP) is 4.35. The van der Waals surface area contributed by atoms with Crippen molar-refractivity contribution in [1.29, 1.82) is 0 Å². The summed E-state index contributed by atoms with van der Waals surface area (Å²) in [5.74, 6) is 0. The van der Waals surface area contributed by atoms with Gasteiger partial charge in [0.15, 0.2) is 0 Å². The van der Waals surface area contributed by atoms with E-state index < -0.39 is 0 Å². The molecular formula is C18H21ClN2S. The van der Waals surface area contributed by atoms with Crippen molar-refractivity contribution in [3.05, 3.63) is 45.6 Å². The van der Waals surface area contributed by atoms with Gasteiger partial charge in [-0.3, -0.25) is 4.90 Å². The molecule has 116 valence electrons. The molecule has 0 radical (unpaired) electrons. The Hall–Kier alpha value is -0.870. The van der Waals surface area contributed by atoms with Gasteiger partial charge in [-0.15, -0.1) is 11.3 Å². The molecule has 1 aromatic carbocycles. The summed E-state index contributed by atoms with van der Waals surface area (Å²) in [4.78, 5) is 6.79. The first-order valence-electron chi connectivity index (χ1n) is 8.08. The van der Waals surface area contributed by atoms with Gasteiger partial charge in [0.05, 0.1) is 0 Å². The number of thiophene rings is 1. The van der Waals surface area contributed by atoms with Gasteiger partial charge in [0.25, 0.3) is 0 Å². The average Bonchev–Trinajstić information content (AvgIpc) is 2.83. The van der Waals surface area contributed by atoms with Gasteiger partial charge in [0.1, 0.15) is 0 Å². The highest BCUT2D eigenvalue weighted by atomic mass is 35.5. The smallest absolute Gasteiger partial charge is 0.0406 e. The van der Waals surface area contributed by atoms with Crippen molar-refractivity contribution < 1.29 is 0 Å². The summed E-state index contributed by atoms with van der Waals surface area (Å²) in [7, 11) is 0. The molecule has 0 amide bonds. The zero-order chi connectivity index (χ0) is 14.9. The summed E-state index contributed by atoms with van der Waals surface area (Å²) < 4.78 is 0. The molecule has 0 N–H and O–H groups in total. The standard InChI is InChI=1S/C18H21ClN2S/c19-16-3-1-14(2-4-16)15-11-18(22-13-15)12-21-10-9-20-7-5-17(21)6-8-20/h1-4,11,13,17H,5-10,12H2. The second-order valence-electron chi connectivity index (χ2n) is 6.35. The van der Waals surface area contributed by atoms with Crippen LogP contribution in [0.4, 0.5) is 0 Å². The third kappa shape index (κ3) is 3.09. The maximum absolute atomic E-state index is 5.98. The van der Waals surface area contributed by atoms with Crippen LogP contribution >= 0.6 is 22.9 Å². The molecule has 2 bridgehead atoms. The molecule has 0 atom stereocenters. The molecule has 4 heterocycles. The maximum Gasteiger partial charge on any atom is 0.0406 e. The van der Waals surface area contributed by atoms with Gasteiger partial charge in [-0.05, 0) is 60.6 Å². The highest BCUT2D eigenvalue weighted by molar-refractivity contribution is 7.10. The normalized spacial score (nSPS) is 25.3. The summed E-state index contributed by atoms with van der Waals surface area (Å²) in [5.41, 5.74) is 2.58. The summed E-state index contributed by atoms with van der Waals surface area (Å²) in [6, 6.07) is 11.3. The number of nitrogens with zero attached hydrogens (tertiary/aromatic N) is 2. The summed E-state index contributed by atoms with van der Waals surface area (Å²) >= 11 is 7.86. The maximum atomic E-state index is 5.98. The van der Waals surface area contributed by atoms with Gasteiger partial charge in [-0.25, -0.2) is 0 Å². The van der Waals surface area contributed by atoms with Crippen molar-refractivity contribution in [2.75, 3.05) is 26.2 Å². The lowest BCUT2D eigenvalue weighted by Crippen LogP contribution is -2.37. The lowest BCUT2D eigenvalue weighted by atomic mass is 10.1. The van der Waals surface area contributed by atoms with E-state index in [0.717, 1.165) is 17.6 Å². The Kier molecular flexibility index (Phi) is 4.23. The van der Waals surface area contributed by atoms with Crippen molar-refractivity contribution in [3.63, 3.8) is 0 Å². The largest absolute Gasteiger partial charge is 0.302 e. The van der Waals surface area contributed by atoms with E-state index in [1.807, 2.05) is 23.5 Å². The number of hydrogen-bond donors (Lipinski definition) is 0. The molecule has 3 aliphatic rings. The number of hydrogen-bond acceptors (Lipinski definition) is 3. The Labute approximate surface area is 141 Å². The highest BCUT2D eigenvalue weighted by Gasteiger charge is 2.28. The van der Waals surface area contributed by atoms with E-state index in [0.29, 0.717) is 0 Å². The number of halogens is 1. The van der Waals surface area contributed by atoms with Crippen LogP contribution in [0.1, 0.15) is 17.7 Å². The topological polar surface area (TPSA) is 6.48 Å². The SMILES string of the molecule is Clc1ccc(-c2csc(CN3CCN4CCC3CC4)c2)cc1. The minimum Gasteiger partial charge on any atom is -0.302 e. The first-order valence-corrected chi connectivity index (χ1v) is 9.33. The molecule has 5 rings (SSSR count). The van der Waals surface area contributed by atoms with Gasteiger partial charge in [0, 0.05) is 35.6 Å². The number of fused-ring (bicyclic) bond motifs is 4. The number of benzene rings is 1. The molecule has 4 heteroatoms. The first-order chi connectivity index (χ1) is 10.8. The van der Waals surface area contributed by atoms with Crippen LogP contribution in [0.25, 0.3) is 11.1 Å². The minimum atomic E-state index is 0.792. The van der Waals surface area contributed by atoms with Gasteiger partial charge in [0.2, 0.25) is 0 Å². The molecule has 0 saturated carbocycles. The Bertz CT molecular complexity index is 629. The second-order valence-corrected chi connectivity index (χ2v) is 7.78. The number of rotatable bonds is 3. The molecular weight excluding hydrogens is 312 g/mol. The van der Waals surface area contributed by atoms with Gasteiger partial charge in [-0.2, -0.15) is 0 Å². The van der Waals surface area contributed by atoms with Crippen molar-refractivity contribution in [1.82, 2.24) is 9.80 Å². The fourth-order valence-electron chi connectivity index (χ4n) is 3.63. The lowest BCUT2D eigenvalue weighted by molar-refractivity contribution is 0.178. The van der Waals surface area contributed by atoms with Crippen LogP contribution in [0.5, 0.6) is 0 Å². The molecule has 0 spiro atoms. The van der Waals surface area contributed by atoms with E-state index >= 15 is 0 Å². The van der Waals surface area contributed by atoms with Gasteiger partial charge < -0.3 is 4.90 Å². The van der Waals surface area contributed by atoms with Crippen molar-refractivity contribution in [2.45, 2.75) is 25.4 Å². The second kappa shape index (κ2) is 6.32. The van der Waals surface area contributed by atoms with Crippen LogP contribution in [0.2, 0.25) is 5.02 Å². The van der Waals surface area contributed by atoms with E-state index in [4.69, 9.17) is 11.6 Å². The van der Waals surface area contributed by atoms with Crippen LogP contribution in [0.3, 0.4) is 0 Å². The Balaban J connectivity index is 1.48. The average molecular weight is 333 g/mol. The monoisotopic (exact) mass is 332 g/mol. The highest BCUT2D eigenvalue weighted by Crippen LogP contribution is 2.29. The van der Waals surface area contributed by atoms with Crippen LogP contribution < -0.4 is 0 Å². The first kappa shape index (κ1) is 14.7. The van der Waals surface area contributed by atoms with E-state index in [-0.39, 0.29) is 0 Å². The predicted molar refractivity (Wildman–Crippen MR) is 94.6 cm³/mol. The van der Waals surface area contributed by atoms with Crippen molar-refractivity contribution in [3.8, 4) is 11.1 Å². The van der Waals surface area contributed by atoms with Crippen LogP contribution in [0, 0.1) is 0 Å². The number of piperidine rings is 1. The zero-order valence-electron chi connectivity index (χ0n) is 12.7. The Morgan fingerprint density at radius 2 is 1.77 bits per heavy atom. The molecule has 22 heavy (non-hydrogen) atoms. The third-order valence-electron chi connectivity index (χ3n) is 4.97. The van der Waals surface area contributed by atoms with E-state index in [1.54, 1.807) is 0 Å². The summed E-state index contributed by atoms with van der Waals surface area (Å²) in [5, 5.41) is 3.08. The molecule has 2 nitrogen and oxygen atoms in total. The molecule has 1 aromatic heterocycles. The zero-order valence-corrected chi connectivity index (χ0v) is 14.2. The fourth-order valence-corrected chi connectivity index (χ4v) is 4.67. The molecule has 3 saturated heterocycles. The third-order valence-corrected chi connectivity index (χ3v) is 6.14. The Morgan fingerprint density at radius 3 is 2.55 bits per heavy atom. The van der Waals surface area contributed by atoms with Crippen LogP contribution in [-0.4, -0.2) is 42.0 Å². The van der Waals surface area contributed by atoms with Gasteiger partial charge >= 0.3 is 0 Å². The van der Waals surface area contributed by atoms with E-state index in [2.05, 4.69) is 33.4 Å². The molecule has 0 aliphatic carbocycles.